The molecule has 0 spiro atoms. The van der Waals surface area contributed by atoms with Crippen molar-refractivity contribution in [2.24, 2.45) is 0 Å². The number of benzene rings is 1. The zero-order chi connectivity index (χ0) is 15.7. The molecule has 2 amide bonds. The Morgan fingerprint density at radius 2 is 2.10 bits per heavy atom. The molecule has 116 valence electrons. The van der Waals surface area contributed by atoms with E-state index in [1.807, 2.05) is 25.2 Å². The van der Waals surface area contributed by atoms with Crippen LogP contribution < -0.4 is 10.6 Å². The second-order valence-corrected chi connectivity index (χ2v) is 4.90. The number of aliphatic carboxylic acids is 1. The fourth-order valence-electron chi connectivity index (χ4n) is 1.87. The SMILES string of the molecule is CNCCCN(C)C(=O)Nc1cccc(CCC(=O)O)c1. The lowest BCUT2D eigenvalue weighted by Gasteiger charge is -2.18. The van der Waals surface area contributed by atoms with Crippen molar-refractivity contribution in [2.75, 3.05) is 32.5 Å². The van der Waals surface area contributed by atoms with Crippen molar-refractivity contribution in [3.8, 4) is 0 Å². The predicted molar refractivity (Wildman–Crippen MR) is 82.6 cm³/mol. The number of urea groups is 1. The largest absolute Gasteiger partial charge is 0.481 e. The monoisotopic (exact) mass is 293 g/mol. The molecule has 0 saturated carbocycles. The summed E-state index contributed by atoms with van der Waals surface area (Å²) in [6.07, 6.45) is 1.43. The fourth-order valence-corrected chi connectivity index (χ4v) is 1.87. The van der Waals surface area contributed by atoms with E-state index in [2.05, 4.69) is 10.6 Å². The van der Waals surface area contributed by atoms with Crippen LogP contribution in [0.4, 0.5) is 10.5 Å². The number of nitrogens with zero attached hydrogens (tertiary/aromatic N) is 1. The van der Waals surface area contributed by atoms with Gasteiger partial charge in [-0.05, 0) is 44.1 Å². The Hall–Kier alpha value is -2.08. The van der Waals surface area contributed by atoms with Crippen LogP contribution in [0.1, 0.15) is 18.4 Å². The number of carbonyl (C=O) groups excluding carboxylic acids is 1. The Labute approximate surface area is 125 Å². The number of amides is 2. The van der Waals surface area contributed by atoms with Crippen LogP contribution in [-0.4, -0.2) is 49.2 Å². The van der Waals surface area contributed by atoms with Gasteiger partial charge in [-0.15, -0.1) is 0 Å². The molecule has 0 aliphatic carbocycles. The van der Waals surface area contributed by atoms with E-state index in [-0.39, 0.29) is 12.5 Å². The Balaban J connectivity index is 2.51. The smallest absolute Gasteiger partial charge is 0.321 e. The molecular formula is C15H23N3O3. The first kappa shape index (κ1) is 17.0. The van der Waals surface area contributed by atoms with Gasteiger partial charge < -0.3 is 20.6 Å². The van der Waals surface area contributed by atoms with Crippen LogP contribution in [0.3, 0.4) is 0 Å². The number of rotatable bonds is 8. The third-order valence-corrected chi connectivity index (χ3v) is 3.07. The first-order valence-corrected chi connectivity index (χ1v) is 7.00. The van der Waals surface area contributed by atoms with Crippen molar-refractivity contribution in [1.82, 2.24) is 10.2 Å². The summed E-state index contributed by atoms with van der Waals surface area (Å²) in [5.41, 5.74) is 1.58. The van der Waals surface area contributed by atoms with Crippen molar-refractivity contribution >= 4 is 17.7 Å². The molecule has 1 rings (SSSR count). The topological polar surface area (TPSA) is 81.7 Å². The summed E-state index contributed by atoms with van der Waals surface area (Å²) in [4.78, 5) is 24.2. The molecule has 0 radical (unpaired) electrons. The van der Waals surface area contributed by atoms with Crippen molar-refractivity contribution < 1.29 is 14.7 Å². The van der Waals surface area contributed by atoms with E-state index < -0.39 is 5.97 Å². The van der Waals surface area contributed by atoms with Gasteiger partial charge in [0.25, 0.3) is 0 Å². The van der Waals surface area contributed by atoms with Gasteiger partial charge in [0.2, 0.25) is 0 Å². The van der Waals surface area contributed by atoms with Crippen molar-refractivity contribution in [3.05, 3.63) is 29.8 Å². The van der Waals surface area contributed by atoms with Crippen LogP contribution in [0.15, 0.2) is 24.3 Å². The van der Waals surface area contributed by atoms with Crippen molar-refractivity contribution in [2.45, 2.75) is 19.3 Å². The van der Waals surface area contributed by atoms with Gasteiger partial charge >= 0.3 is 12.0 Å². The Morgan fingerprint density at radius 3 is 2.76 bits per heavy atom. The lowest BCUT2D eigenvalue weighted by molar-refractivity contribution is -0.136. The van der Waals surface area contributed by atoms with E-state index in [0.717, 1.165) is 18.5 Å². The highest BCUT2D eigenvalue weighted by molar-refractivity contribution is 5.89. The number of hydrogen-bond acceptors (Lipinski definition) is 3. The molecule has 0 heterocycles. The summed E-state index contributed by atoms with van der Waals surface area (Å²) in [6, 6.07) is 7.11. The molecule has 0 atom stereocenters. The van der Waals surface area contributed by atoms with E-state index >= 15 is 0 Å². The maximum atomic E-state index is 12.0. The van der Waals surface area contributed by atoms with Crippen LogP contribution in [-0.2, 0) is 11.2 Å². The first-order chi connectivity index (χ1) is 10.0. The number of anilines is 1. The lowest BCUT2D eigenvalue weighted by Crippen LogP contribution is -2.33. The van der Waals surface area contributed by atoms with E-state index in [9.17, 15) is 9.59 Å². The van der Waals surface area contributed by atoms with Crippen LogP contribution in [0, 0.1) is 0 Å². The maximum Gasteiger partial charge on any atom is 0.321 e. The van der Waals surface area contributed by atoms with Gasteiger partial charge in [0, 0.05) is 25.7 Å². The molecule has 0 bridgehead atoms. The predicted octanol–water partition coefficient (Wildman–Crippen LogP) is 1.78. The lowest BCUT2D eigenvalue weighted by atomic mass is 10.1. The minimum absolute atomic E-state index is 0.0846. The quantitative estimate of drug-likeness (QED) is 0.638. The van der Waals surface area contributed by atoms with Gasteiger partial charge in [0.15, 0.2) is 0 Å². The highest BCUT2D eigenvalue weighted by Gasteiger charge is 2.08. The second-order valence-electron chi connectivity index (χ2n) is 4.90. The van der Waals surface area contributed by atoms with Crippen molar-refractivity contribution in [3.63, 3.8) is 0 Å². The molecule has 6 heteroatoms. The van der Waals surface area contributed by atoms with E-state index in [1.165, 1.54) is 0 Å². The fraction of sp³-hybridized carbons (Fsp3) is 0.467. The molecule has 0 fully saturated rings. The van der Waals surface area contributed by atoms with Gasteiger partial charge in [-0.3, -0.25) is 4.79 Å². The molecule has 0 aromatic heterocycles. The minimum Gasteiger partial charge on any atom is -0.481 e. The summed E-state index contributed by atoms with van der Waals surface area (Å²) in [6.45, 7) is 1.54. The van der Waals surface area contributed by atoms with Gasteiger partial charge in [-0.1, -0.05) is 12.1 Å². The highest BCUT2D eigenvalue weighted by Crippen LogP contribution is 2.13. The summed E-state index contributed by atoms with van der Waals surface area (Å²) >= 11 is 0. The third-order valence-electron chi connectivity index (χ3n) is 3.07. The zero-order valence-corrected chi connectivity index (χ0v) is 12.6. The van der Waals surface area contributed by atoms with Crippen LogP contribution >= 0.6 is 0 Å². The average Bonchev–Trinajstić information content (AvgIpc) is 2.45. The molecule has 21 heavy (non-hydrogen) atoms. The zero-order valence-electron chi connectivity index (χ0n) is 12.6. The van der Waals surface area contributed by atoms with E-state index in [1.54, 1.807) is 18.0 Å². The summed E-state index contributed by atoms with van der Waals surface area (Å²) in [7, 11) is 3.63. The number of carbonyl (C=O) groups is 2. The number of nitrogens with one attached hydrogen (secondary N) is 2. The number of hydrogen-bond donors (Lipinski definition) is 3. The Kier molecular flexibility index (Phi) is 7.25. The van der Waals surface area contributed by atoms with E-state index in [4.69, 9.17) is 5.11 Å². The van der Waals surface area contributed by atoms with Gasteiger partial charge in [-0.25, -0.2) is 4.79 Å². The molecule has 0 saturated heterocycles. The van der Waals surface area contributed by atoms with Crippen molar-refractivity contribution in [1.29, 1.82) is 0 Å². The van der Waals surface area contributed by atoms with Gasteiger partial charge in [-0.2, -0.15) is 0 Å². The van der Waals surface area contributed by atoms with Crippen LogP contribution in [0.25, 0.3) is 0 Å². The van der Waals surface area contributed by atoms with Crippen LogP contribution in [0.5, 0.6) is 0 Å². The summed E-state index contributed by atoms with van der Waals surface area (Å²) in [5, 5.41) is 14.5. The molecule has 6 nitrogen and oxygen atoms in total. The molecule has 0 aliphatic heterocycles. The standard InChI is InChI=1S/C15H23N3O3/c1-16-9-4-10-18(2)15(21)17-13-6-3-5-12(11-13)7-8-14(19)20/h3,5-6,11,16H,4,7-10H2,1-2H3,(H,17,21)(H,19,20). The Morgan fingerprint density at radius 1 is 1.33 bits per heavy atom. The Bertz CT molecular complexity index is 477. The maximum absolute atomic E-state index is 12.0. The van der Waals surface area contributed by atoms with Gasteiger partial charge in [0.05, 0.1) is 0 Å². The second kappa shape index (κ2) is 8.97. The average molecular weight is 293 g/mol. The van der Waals surface area contributed by atoms with Crippen LogP contribution in [0.2, 0.25) is 0 Å². The normalized spacial score (nSPS) is 10.2. The molecule has 0 unspecified atom stereocenters. The molecule has 1 aromatic carbocycles. The first-order valence-electron chi connectivity index (χ1n) is 7.00. The highest BCUT2D eigenvalue weighted by atomic mass is 16.4. The number of carboxylic acid groups (broad SMARTS) is 1. The third kappa shape index (κ3) is 6.76. The molecule has 0 aliphatic rings. The number of carboxylic acids is 1. The number of aryl methyl sites for hydroxylation is 1. The van der Waals surface area contributed by atoms with Gasteiger partial charge in [0.1, 0.15) is 0 Å². The molecule has 1 aromatic rings. The summed E-state index contributed by atoms with van der Waals surface area (Å²) in [5.74, 6) is -0.825. The molecular weight excluding hydrogens is 270 g/mol. The van der Waals surface area contributed by atoms with E-state index in [0.29, 0.717) is 18.7 Å². The minimum atomic E-state index is -0.825. The molecule has 3 N–H and O–H groups in total. The summed E-state index contributed by atoms with van der Waals surface area (Å²) < 4.78 is 0.